The molecule has 0 unspecified atom stereocenters. The highest BCUT2D eigenvalue weighted by molar-refractivity contribution is 6.11. The molecule has 1 heterocycles. The Labute approximate surface area is 150 Å². The molecule has 1 saturated heterocycles. The molecule has 4 amide bonds. The maximum Gasteiger partial charge on any atom is 0.326 e. The number of imide groups is 1. The van der Waals surface area contributed by atoms with Gasteiger partial charge in [0.1, 0.15) is 13.1 Å². The van der Waals surface area contributed by atoms with Crippen molar-refractivity contribution in [3.8, 4) is 6.07 Å². The van der Waals surface area contributed by atoms with E-state index in [9.17, 15) is 14.4 Å². The number of nitrogens with one attached hydrogen (secondary N) is 2. The smallest absolute Gasteiger partial charge is 0.326 e. The molecule has 7 nitrogen and oxygen atoms in total. The van der Waals surface area contributed by atoms with Gasteiger partial charge in [-0.05, 0) is 11.1 Å². The molecule has 7 heteroatoms. The molecule has 3 rings (SSSR count). The van der Waals surface area contributed by atoms with Crippen LogP contribution in [0, 0.1) is 11.3 Å². The SMILES string of the molecule is N#CCNC(=O)CN1C(=O)NC(c2ccccc2)(c2ccccc2)C1=O. The van der Waals surface area contributed by atoms with E-state index in [1.165, 1.54) is 0 Å². The van der Waals surface area contributed by atoms with Crippen LogP contribution in [0.1, 0.15) is 11.1 Å². The molecule has 2 N–H and O–H groups in total. The highest BCUT2D eigenvalue weighted by Gasteiger charge is 2.53. The number of nitriles is 1. The van der Waals surface area contributed by atoms with Crippen molar-refractivity contribution < 1.29 is 14.4 Å². The zero-order valence-electron chi connectivity index (χ0n) is 13.8. The van der Waals surface area contributed by atoms with Gasteiger partial charge in [-0.15, -0.1) is 0 Å². The largest absolute Gasteiger partial charge is 0.341 e. The second-order valence-electron chi connectivity index (χ2n) is 5.74. The summed E-state index contributed by atoms with van der Waals surface area (Å²) in [6.45, 7) is -0.640. The summed E-state index contributed by atoms with van der Waals surface area (Å²) in [5.41, 5.74) is -0.191. The lowest BCUT2D eigenvalue weighted by Gasteiger charge is -2.27. The minimum absolute atomic E-state index is 0.189. The van der Waals surface area contributed by atoms with Crippen molar-refractivity contribution >= 4 is 17.8 Å². The fourth-order valence-corrected chi connectivity index (χ4v) is 2.99. The first-order valence-corrected chi connectivity index (χ1v) is 7.98. The Balaban J connectivity index is 2.02. The maximum atomic E-state index is 13.2. The summed E-state index contributed by atoms with van der Waals surface area (Å²) >= 11 is 0. The van der Waals surface area contributed by atoms with Crippen LogP contribution in [-0.2, 0) is 15.1 Å². The Morgan fingerprint density at radius 2 is 1.58 bits per heavy atom. The number of hydrogen-bond acceptors (Lipinski definition) is 4. The summed E-state index contributed by atoms with van der Waals surface area (Å²) in [5.74, 6) is -1.11. The third-order valence-corrected chi connectivity index (χ3v) is 4.19. The van der Waals surface area contributed by atoms with Crippen LogP contribution in [0.4, 0.5) is 4.79 Å². The minimum atomic E-state index is -1.39. The highest BCUT2D eigenvalue weighted by atomic mass is 16.2. The number of carbonyl (C=O) groups excluding carboxylic acids is 3. The first kappa shape index (κ1) is 17.2. The van der Waals surface area contributed by atoms with Gasteiger partial charge in [-0.25, -0.2) is 4.79 Å². The molecule has 0 spiro atoms. The van der Waals surface area contributed by atoms with Gasteiger partial charge in [0.2, 0.25) is 5.91 Å². The van der Waals surface area contributed by atoms with Crippen LogP contribution in [-0.4, -0.2) is 35.8 Å². The van der Waals surface area contributed by atoms with E-state index >= 15 is 0 Å². The molecular weight excluding hydrogens is 332 g/mol. The average molecular weight is 348 g/mol. The van der Waals surface area contributed by atoms with Crippen LogP contribution in [0.15, 0.2) is 60.7 Å². The van der Waals surface area contributed by atoms with Crippen LogP contribution in [0.5, 0.6) is 0 Å². The molecule has 0 atom stereocenters. The molecule has 130 valence electrons. The van der Waals surface area contributed by atoms with Gasteiger partial charge in [0, 0.05) is 0 Å². The molecule has 1 fully saturated rings. The quantitative estimate of drug-likeness (QED) is 0.624. The van der Waals surface area contributed by atoms with Crippen LogP contribution < -0.4 is 10.6 Å². The molecule has 1 aliphatic rings. The van der Waals surface area contributed by atoms with E-state index < -0.39 is 29.9 Å². The lowest BCUT2D eigenvalue weighted by atomic mass is 9.82. The van der Waals surface area contributed by atoms with E-state index in [0.29, 0.717) is 11.1 Å². The molecular formula is C19H16N4O3. The fraction of sp³-hybridized carbons (Fsp3) is 0.158. The number of nitrogens with zero attached hydrogens (tertiary/aromatic N) is 2. The third-order valence-electron chi connectivity index (χ3n) is 4.19. The van der Waals surface area contributed by atoms with Crippen molar-refractivity contribution in [1.29, 1.82) is 5.26 Å². The van der Waals surface area contributed by atoms with Gasteiger partial charge in [-0.1, -0.05) is 60.7 Å². The Hall–Kier alpha value is -3.66. The van der Waals surface area contributed by atoms with E-state index in [0.717, 1.165) is 4.90 Å². The van der Waals surface area contributed by atoms with Gasteiger partial charge >= 0.3 is 6.03 Å². The Morgan fingerprint density at radius 1 is 1.04 bits per heavy atom. The monoisotopic (exact) mass is 348 g/mol. The van der Waals surface area contributed by atoms with Crippen LogP contribution in [0.3, 0.4) is 0 Å². The molecule has 0 bridgehead atoms. The zero-order chi connectivity index (χ0) is 18.6. The van der Waals surface area contributed by atoms with Gasteiger partial charge in [-0.2, -0.15) is 5.26 Å². The number of amides is 4. The lowest BCUT2D eigenvalue weighted by Crippen LogP contribution is -2.46. The van der Waals surface area contributed by atoms with Crippen molar-refractivity contribution in [3.63, 3.8) is 0 Å². The topological polar surface area (TPSA) is 102 Å². The summed E-state index contributed by atoms with van der Waals surface area (Å²) in [6.07, 6.45) is 0. The summed E-state index contributed by atoms with van der Waals surface area (Å²) in [5, 5.41) is 13.6. The number of hydrogen-bond donors (Lipinski definition) is 2. The van der Waals surface area contributed by atoms with Crippen molar-refractivity contribution in [3.05, 3.63) is 71.8 Å². The molecule has 26 heavy (non-hydrogen) atoms. The second kappa shape index (κ2) is 7.07. The Bertz CT molecular complexity index is 835. The molecule has 2 aromatic carbocycles. The molecule has 0 aromatic heterocycles. The Kier molecular flexibility index (Phi) is 4.67. The standard InChI is InChI=1S/C19H16N4O3/c20-11-12-21-16(24)13-23-17(25)19(22-18(23)26,14-7-3-1-4-8-14)15-9-5-2-6-10-15/h1-10H,12-13H2,(H,21,24)(H,22,26). The predicted molar refractivity (Wildman–Crippen MR) is 92.5 cm³/mol. The third kappa shape index (κ3) is 2.89. The zero-order valence-corrected chi connectivity index (χ0v) is 13.8. The first-order valence-electron chi connectivity index (χ1n) is 7.98. The van der Waals surface area contributed by atoms with E-state index in [1.807, 2.05) is 12.1 Å². The normalized spacial score (nSPS) is 15.3. The van der Waals surface area contributed by atoms with Crippen LogP contribution in [0.2, 0.25) is 0 Å². The van der Waals surface area contributed by atoms with Crippen LogP contribution in [0.25, 0.3) is 0 Å². The van der Waals surface area contributed by atoms with Gasteiger partial charge < -0.3 is 10.6 Å². The van der Waals surface area contributed by atoms with Crippen molar-refractivity contribution in [2.75, 3.05) is 13.1 Å². The highest BCUT2D eigenvalue weighted by Crippen LogP contribution is 2.35. The van der Waals surface area contributed by atoms with Gasteiger partial charge in [0.15, 0.2) is 5.54 Å². The average Bonchev–Trinajstić information content (AvgIpc) is 2.93. The number of carbonyl (C=O) groups is 3. The summed E-state index contributed by atoms with van der Waals surface area (Å²) in [7, 11) is 0. The maximum absolute atomic E-state index is 13.2. The van der Waals surface area contributed by atoms with E-state index in [4.69, 9.17) is 5.26 Å². The second-order valence-corrected chi connectivity index (χ2v) is 5.74. The van der Waals surface area contributed by atoms with Crippen LogP contribution >= 0.6 is 0 Å². The van der Waals surface area contributed by atoms with Crippen molar-refractivity contribution in [1.82, 2.24) is 15.5 Å². The minimum Gasteiger partial charge on any atom is -0.341 e. The molecule has 0 radical (unpaired) electrons. The molecule has 0 aliphatic carbocycles. The molecule has 0 saturated carbocycles. The Morgan fingerprint density at radius 3 is 2.08 bits per heavy atom. The lowest BCUT2D eigenvalue weighted by molar-refractivity contribution is -0.134. The predicted octanol–water partition coefficient (Wildman–Crippen LogP) is 1.12. The summed E-state index contributed by atoms with van der Waals surface area (Å²) in [6, 6.07) is 18.9. The van der Waals surface area contributed by atoms with Gasteiger partial charge in [0.25, 0.3) is 5.91 Å². The molecule has 2 aromatic rings. The first-order chi connectivity index (χ1) is 12.6. The summed E-state index contributed by atoms with van der Waals surface area (Å²) in [4.78, 5) is 38.5. The number of rotatable bonds is 5. The van der Waals surface area contributed by atoms with Crippen molar-refractivity contribution in [2.45, 2.75) is 5.54 Å². The molecule has 1 aliphatic heterocycles. The van der Waals surface area contributed by atoms with Gasteiger partial charge in [-0.3, -0.25) is 14.5 Å². The summed E-state index contributed by atoms with van der Waals surface area (Å²) < 4.78 is 0. The van der Waals surface area contributed by atoms with E-state index in [1.54, 1.807) is 54.6 Å². The number of benzene rings is 2. The fourth-order valence-electron chi connectivity index (χ4n) is 2.99. The van der Waals surface area contributed by atoms with Gasteiger partial charge in [0.05, 0.1) is 6.07 Å². The van der Waals surface area contributed by atoms with E-state index in [2.05, 4.69) is 10.6 Å². The number of urea groups is 1. The van der Waals surface area contributed by atoms with E-state index in [-0.39, 0.29) is 6.54 Å². The van der Waals surface area contributed by atoms with Crippen molar-refractivity contribution in [2.24, 2.45) is 0 Å².